The topological polar surface area (TPSA) is 65.1 Å². The van der Waals surface area contributed by atoms with Gasteiger partial charge in [-0.2, -0.15) is 5.10 Å². The molecule has 96 valence electrons. The third kappa shape index (κ3) is 2.23. The quantitative estimate of drug-likeness (QED) is 0.630. The van der Waals surface area contributed by atoms with Crippen LogP contribution >= 0.6 is 0 Å². The first-order valence-corrected chi connectivity index (χ1v) is 5.76. The van der Waals surface area contributed by atoms with Gasteiger partial charge in [0.05, 0.1) is 19.3 Å². The predicted molar refractivity (Wildman–Crippen MR) is 70.1 cm³/mol. The number of ether oxygens (including phenoxy) is 1. The van der Waals surface area contributed by atoms with Gasteiger partial charge in [0.1, 0.15) is 5.69 Å². The molecule has 5 nitrogen and oxygen atoms in total. The number of rotatable bonds is 4. The van der Waals surface area contributed by atoms with Crippen LogP contribution in [0.3, 0.4) is 0 Å². The van der Waals surface area contributed by atoms with Crippen LogP contribution in [0.1, 0.15) is 22.9 Å². The molecule has 1 heterocycles. The van der Waals surface area contributed by atoms with Gasteiger partial charge in [0.25, 0.3) is 0 Å². The average molecular weight is 246 g/mol. The van der Waals surface area contributed by atoms with Gasteiger partial charge in [-0.25, -0.2) is 5.43 Å². The Balaban J connectivity index is 2.48. The molecule has 1 unspecified atom stereocenters. The van der Waals surface area contributed by atoms with Crippen LogP contribution in [0.15, 0.2) is 30.5 Å². The van der Waals surface area contributed by atoms with E-state index in [-0.39, 0.29) is 6.04 Å². The van der Waals surface area contributed by atoms with Crippen LogP contribution in [0.2, 0.25) is 0 Å². The van der Waals surface area contributed by atoms with E-state index in [9.17, 15) is 0 Å². The molecule has 18 heavy (non-hydrogen) atoms. The Labute approximate surface area is 107 Å². The summed E-state index contributed by atoms with van der Waals surface area (Å²) in [4.78, 5) is 0. The fourth-order valence-corrected chi connectivity index (χ4v) is 2.10. The zero-order valence-electron chi connectivity index (χ0n) is 10.8. The molecule has 0 saturated carbocycles. The highest BCUT2D eigenvalue weighted by Crippen LogP contribution is 2.29. The summed E-state index contributed by atoms with van der Waals surface area (Å²) >= 11 is 0. The number of hydrogen-bond donors (Lipinski definition) is 2. The summed E-state index contributed by atoms with van der Waals surface area (Å²) in [5.41, 5.74) is 6.00. The van der Waals surface area contributed by atoms with Crippen molar-refractivity contribution in [3.8, 4) is 5.75 Å². The summed E-state index contributed by atoms with van der Waals surface area (Å²) < 4.78 is 7.09. The van der Waals surface area contributed by atoms with E-state index in [1.807, 2.05) is 19.2 Å². The molecule has 1 aromatic carbocycles. The van der Waals surface area contributed by atoms with Gasteiger partial charge in [0.15, 0.2) is 5.75 Å². The number of nitrogens with one attached hydrogen (secondary N) is 1. The minimum atomic E-state index is -0.146. The third-order valence-corrected chi connectivity index (χ3v) is 2.98. The summed E-state index contributed by atoms with van der Waals surface area (Å²) in [7, 11) is 3.50. The van der Waals surface area contributed by atoms with Crippen molar-refractivity contribution >= 4 is 0 Å². The SMILES string of the molecule is COc1cnn(C)c1C(NN)c1cccc(C)c1. The van der Waals surface area contributed by atoms with Gasteiger partial charge in [-0.3, -0.25) is 10.5 Å². The molecule has 5 heteroatoms. The van der Waals surface area contributed by atoms with E-state index in [1.165, 1.54) is 5.56 Å². The van der Waals surface area contributed by atoms with Crippen LogP contribution in [-0.2, 0) is 7.05 Å². The Kier molecular flexibility index (Phi) is 3.64. The van der Waals surface area contributed by atoms with Crippen molar-refractivity contribution < 1.29 is 4.74 Å². The van der Waals surface area contributed by atoms with E-state index in [2.05, 4.69) is 29.6 Å². The van der Waals surface area contributed by atoms with Crippen molar-refractivity contribution in [2.75, 3.05) is 7.11 Å². The van der Waals surface area contributed by atoms with Crippen LogP contribution in [0.25, 0.3) is 0 Å². The minimum Gasteiger partial charge on any atom is -0.493 e. The molecule has 3 N–H and O–H groups in total. The fraction of sp³-hybridized carbons (Fsp3) is 0.308. The van der Waals surface area contributed by atoms with Gasteiger partial charge >= 0.3 is 0 Å². The molecule has 1 atom stereocenters. The first kappa shape index (κ1) is 12.6. The minimum absolute atomic E-state index is 0.146. The largest absolute Gasteiger partial charge is 0.493 e. The Hall–Kier alpha value is -1.85. The average Bonchev–Trinajstić information content (AvgIpc) is 2.72. The lowest BCUT2D eigenvalue weighted by molar-refractivity contribution is 0.401. The molecule has 0 aliphatic rings. The molecule has 0 radical (unpaired) electrons. The van der Waals surface area contributed by atoms with E-state index < -0.39 is 0 Å². The molecule has 0 saturated heterocycles. The molecular formula is C13H18N4O. The molecule has 2 rings (SSSR count). The van der Waals surface area contributed by atoms with Crippen LogP contribution in [0.4, 0.5) is 0 Å². The van der Waals surface area contributed by atoms with Crippen LogP contribution in [0.5, 0.6) is 5.75 Å². The number of nitrogens with zero attached hydrogens (tertiary/aromatic N) is 2. The van der Waals surface area contributed by atoms with E-state index in [0.717, 1.165) is 17.0 Å². The van der Waals surface area contributed by atoms with Crippen molar-refractivity contribution in [1.29, 1.82) is 0 Å². The van der Waals surface area contributed by atoms with Crippen molar-refractivity contribution in [3.63, 3.8) is 0 Å². The van der Waals surface area contributed by atoms with Crippen LogP contribution in [0, 0.1) is 6.92 Å². The van der Waals surface area contributed by atoms with Gasteiger partial charge in [0, 0.05) is 7.05 Å². The number of hydrogen-bond acceptors (Lipinski definition) is 4. The lowest BCUT2D eigenvalue weighted by atomic mass is 10.0. The lowest BCUT2D eigenvalue weighted by Crippen LogP contribution is -2.30. The van der Waals surface area contributed by atoms with Crippen molar-refractivity contribution in [3.05, 3.63) is 47.3 Å². The summed E-state index contributed by atoms with van der Waals surface area (Å²) in [6.45, 7) is 2.05. The molecule has 0 spiro atoms. The second kappa shape index (κ2) is 5.20. The first-order valence-electron chi connectivity index (χ1n) is 5.76. The maximum atomic E-state index is 5.69. The number of aromatic nitrogens is 2. The van der Waals surface area contributed by atoms with Crippen molar-refractivity contribution in [1.82, 2.24) is 15.2 Å². The second-order valence-electron chi connectivity index (χ2n) is 4.24. The summed E-state index contributed by atoms with van der Waals surface area (Å²) in [5, 5.41) is 4.20. The number of aryl methyl sites for hydroxylation is 2. The maximum absolute atomic E-state index is 5.69. The molecule has 0 bridgehead atoms. The third-order valence-electron chi connectivity index (χ3n) is 2.98. The Morgan fingerprint density at radius 2 is 2.22 bits per heavy atom. The van der Waals surface area contributed by atoms with Gasteiger partial charge in [-0.15, -0.1) is 0 Å². The Morgan fingerprint density at radius 3 is 2.83 bits per heavy atom. The van der Waals surface area contributed by atoms with Crippen LogP contribution < -0.4 is 16.0 Å². The summed E-state index contributed by atoms with van der Waals surface area (Å²) in [5.74, 6) is 6.42. The molecule has 0 aliphatic carbocycles. The van der Waals surface area contributed by atoms with Crippen LogP contribution in [-0.4, -0.2) is 16.9 Å². The van der Waals surface area contributed by atoms with Gasteiger partial charge in [-0.1, -0.05) is 29.8 Å². The number of benzene rings is 1. The molecule has 2 aromatic rings. The van der Waals surface area contributed by atoms with Crippen molar-refractivity contribution in [2.45, 2.75) is 13.0 Å². The molecule has 0 fully saturated rings. The normalized spacial score (nSPS) is 12.4. The van der Waals surface area contributed by atoms with Gasteiger partial charge in [0.2, 0.25) is 0 Å². The van der Waals surface area contributed by atoms with Crippen molar-refractivity contribution in [2.24, 2.45) is 12.9 Å². The predicted octanol–water partition coefficient (Wildman–Crippen LogP) is 1.29. The van der Waals surface area contributed by atoms with Gasteiger partial charge in [-0.05, 0) is 12.5 Å². The number of nitrogens with two attached hydrogens (primary N) is 1. The molecule has 1 aromatic heterocycles. The maximum Gasteiger partial charge on any atom is 0.161 e. The summed E-state index contributed by atoms with van der Waals surface area (Å²) in [6.07, 6.45) is 1.69. The Bertz CT molecular complexity index is 536. The van der Waals surface area contributed by atoms with E-state index in [1.54, 1.807) is 18.0 Å². The van der Waals surface area contributed by atoms with Gasteiger partial charge < -0.3 is 4.74 Å². The smallest absolute Gasteiger partial charge is 0.161 e. The fourth-order valence-electron chi connectivity index (χ4n) is 2.10. The molecule has 0 amide bonds. The molecule has 0 aliphatic heterocycles. The lowest BCUT2D eigenvalue weighted by Gasteiger charge is -2.18. The van der Waals surface area contributed by atoms with E-state index in [0.29, 0.717) is 0 Å². The second-order valence-corrected chi connectivity index (χ2v) is 4.24. The zero-order valence-corrected chi connectivity index (χ0v) is 10.8. The highest BCUT2D eigenvalue weighted by molar-refractivity contribution is 5.37. The standard InChI is InChI=1S/C13H18N4O/c1-9-5-4-6-10(7-9)12(16-14)13-11(18-3)8-15-17(13)2/h4-8,12,16H,14H2,1-3H3. The zero-order chi connectivity index (χ0) is 13.1. The molecular weight excluding hydrogens is 228 g/mol. The highest BCUT2D eigenvalue weighted by Gasteiger charge is 2.21. The van der Waals surface area contributed by atoms with E-state index in [4.69, 9.17) is 10.6 Å². The summed E-state index contributed by atoms with van der Waals surface area (Å²) in [6, 6.07) is 8.04. The van der Waals surface area contributed by atoms with E-state index >= 15 is 0 Å². The first-order chi connectivity index (χ1) is 8.67. The highest BCUT2D eigenvalue weighted by atomic mass is 16.5. The monoisotopic (exact) mass is 246 g/mol. The number of hydrazine groups is 1. The number of methoxy groups -OCH3 is 1. The Morgan fingerprint density at radius 1 is 1.44 bits per heavy atom.